The molecule has 0 saturated carbocycles. The van der Waals surface area contributed by atoms with Crippen molar-refractivity contribution in [2.75, 3.05) is 4.90 Å². The lowest BCUT2D eigenvalue weighted by atomic mass is 9.94. The van der Waals surface area contributed by atoms with Crippen molar-refractivity contribution in [1.82, 2.24) is 0 Å². The minimum atomic E-state index is 1.03. The van der Waals surface area contributed by atoms with Crippen LogP contribution >= 0.6 is 0 Å². The van der Waals surface area contributed by atoms with Gasteiger partial charge in [-0.05, 0) is 68.5 Å². The predicted octanol–water partition coefficient (Wildman–Crippen LogP) is 8.46. The van der Waals surface area contributed by atoms with Gasteiger partial charge in [-0.1, -0.05) is 87.0 Å². The van der Waals surface area contributed by atoms with Gasteiger partial charge in [-0.2, -0.15) is 0 Å². The van der Waals surface area contributed by atoms with Crippen molar-refractivity contribution in [2.24, 2.45) is 0 Å². The Hall–Kier alpha value is -2.80. The summed E-state index contributed by atoms with van der Waals surface area (Å²) in [6.45, 7) is 10.4. The van der Waals surface area contributed by atoms with Gasteiger partial charge < -0.3 is 4.90 Å². The number of para-hydroxylation sites is 1. The zero-order valence-electron chi connectivity index (χ0n) is 18.7. The largest absolute Gasteiger partial charge is 0.315 e. The maximum atomic E-state index is 2.38. The van der Waals surface area contributed by atoms with Gasteiger partial charge in [0.25, 0.3) is 0 Å². The van der Waals surface area contributed by atoms with Crippen LogP contribution in [0.2, 0.25) is 0 Å². The Morgan fingerprint density at radius 2 is 1.62 bits per heavy atom. The molecule has 0 spiro atoms. The number of anilines is 1. The van der Waals surface area contributed by atoms with Crippen LogP contribution in [0.1, 0.15) is 58.1 Å². The highest BCUT2D eigenvalue weighted by atomic mass is 15.2. The normalized spacial score (nSPS) is 14.0. The van der Waals surface area contributed by atoms with E-state index in [4.69, 9.17) is 0 Å². The fraction of sp³-hybridized carbons (Fsp3) is 0.286. The van der Waals surface area contributed by atoms with E-state index in [1.165, 1.54) is 33.8 Å². The standard InChI is InChI=1S/C26H29N.C2H6/c1-4-6-10-24(5-2)27(25-11-8-7-9-12-25)26-19-17-23(18-20-26)22-15-13-21(3)14-16-22;1-2/h5-17,19H,4,18,20H2,1-3H3;1-2H3/b10-6-,24-5+;. The Bertz CT molecular complexity index is 864. The van der Waals surface area contributed by atoms with E-state index in [0.717, 1.165) is 19.3 Å². The summed E-state index contributed by atoms with van der Waals surface area (Å²) in [6, 6.07) is 19.5. The van der Waals surface area contributed by atoms with E-state index in [0.29, 0.717) is 0 Å². The third-order valence-corrected chi connectivity index (χ3v) is 4.93. The van der Waals surface area contributed by atoms with E-state index in [1.807, 2.05) is 13.8 Å². The summed E-state index contributed by atoms with van der Waals surface area (Å²) < 4.78 is 0. The summed E-state index contributed by atoms with van der Waals surface area (Å²) in [4.78, 5) is 2.38. The molecule has 1 nitrogen and oxygen atoms in total. The predicted molar refractivity (Wildman–Crippen MR) is 130 cm³/mol. The first-order valence-corrected chi connectivity index (χ1v) is 10.9. The first-order chi connectivity index (χ1) is 14.2. The fourth-order valence-corrected chi connectivity index (χ4v) is 3.42. The molecule has 0 aromatic heterocycles. The lowest BCUT2D eigenvalue weighted by molar-refractivity contribution is 0.910. The number of allylic oxidation sites excluding steroid dienone is 7. The third kappa shape index (κ3) is 6.09. The summed E-state index contributed by atoms with van der Waals surface area (Å²) in [7, 11) is 0. The van der Waals surface area contributed by atoms with E-state index >= 15 is 0 Å². The number of aryl methyl sites for hydroxylation is 1. The van der Waals surface area contributed by atoms with Crippen LogP contribution in [0.15, 0.2) is 96.4 Å². The van der Waals surface area contributed by atoms with Crippen LogP contribution in [0.25, 0.3) is 5.57 Å². The number of benzene rings is 2. The lowest BCUT2D eigenvalue weighted by Crippen LogP contribution is -2.22. The van der Waals surface area contributed by atoms with Crippen molar-refractivity contribution in [3.63, 3.8) is 0 Å². The molecule has 0 aliphatic heterocycles. The van der Waals surface area contributed by atoms with Gasteiger partial charge in [0.2, 0.25) is 0 Å². The topological polar surface area (TPSA) is 3.24 Å². The molecule has 2 aromatic carbocycles. The van der Waals surface area contributed by atoms with E-state index in [1.54, 1.807) is 0 Å². The van der Waals surface area contributed by atoms with Gasteiger partial charge in [-0.25, -0.2) is 0 Å². The van der Waals surface area contributed by atoms with E-state index in [2.05, 4.69) is 111 Å². The highest BCUT2D eigenvalue weighted by Gasteiger charge is 2.17. The highest BCUT2D eigenvalue weighted by Crippen LogP contribution is 2.33. The van der Waals surface area contributed by atoms with Crippen molar-refractivity contribution in [3.8, 4) is 0 Å². The molecule has 0 radical (unpaired) electrons. The van der Waals surface area contributed by atoms with Crippen molar-refractivity contribution in [1.29, 1.82) is 0 Å². The third-order valence-electron chi connectivity index (χ3n) is 4.93. The smallest absolute Gasteiger partial charge is 0.0458 e. The molecule has 1 aliphatic carbocycles. The van der Waals surface area contributed by atoms with Gasteiger partial charge in [0, 0.05) is 17.1 Å². The van der Waals surface area contributed by atoms with Gasteiger partial charge >= 0.3 is 0 Å². The van der Waals surface area contributed by atoms with Crippen LogP contribution in [-0.2, 0) is 0 Å². The molecule has 152 valence electrons. The van der Waals surface area contributed by atoms with Crippen LogP contribution < -0.4 is 4.90 Å². The van der Waals surface area contributed by atoms with Gasteiger partial charge in [0.05, 0.1) is 0 Å². The number of rotatable bonds is 6. The minimum Gasteiger partial charge on any atom is -0.315 e. The molecule has 0 fully saturated rings. The van der Waals surface area contributed by atoms with Gasteiger partial charge in [0.1, 0.15) is 0 Å². The van der Waals surface area contributed by atoms with E-state index in [-0.39, 0.29) is 0 Å². The quantitative estimate of drug-likeness (QED) is 0.451. The second-order valence-corrected chi connectivity index (χ2v) is 6.91. The van der Waals surface area contributed by atoms with Crippen molar-refractivity contribution in [3.05, 3.63) is 107 Å². The Labute approximate surface area is 177 Å². The number of hydrogen-bond donors (Lipinski definition) is 0. The monoisotopic (exact) mass is 385 g/mol. The van der Waals surface area contributed by atoms with Crippen molar-refractivity contribution >= 4 is 11.3 Å². The highest BCUT2D eigenvalue weighted by molar-refractivity contribution is 5.71. The Morgan fingerprint density at radius 3 is 2.17 bits per heavy atom. The first-order valence-electron chi connectivity index (χ1n) is 10.9. The molecular weight excluding hydrogens is 350 g/mol. The van der Waals surface area contributed by atoms with Gasteiger partial charge in [-0.15, -0.1) is 0 Å². The number of nitrogens with zero attached hydrogens (tertiary/aromatic N) is 1. The second kappa shape index (κ2) is 11.9. The van der Waals surface area contributed by atoms with E-state index in [9.17, 15) is 0 Å². The minimum absolute atomic E-state index is 1.03. The molecule has 0 heterocycles. The van der Waals surface area contributed by atoms with Crippen molar-refractivity contribution in [2.45, 2.75) is 53.9 Å². The average molecular weight is 386 g/mol. The summed E-state index contributed by atoms with van der Waals surface area (Å²) in [5, 5.41) is 0. The average Bonchev–Trinajstić information content (AvgIpc) is 2.79. The van der Waals surface area contributed by atoms with Crippen molar-refractivity contribution < 1.29 is 0 Å². The molecule has 0 atom stereocenters. The fourth-order valence-electron chi connectivity index (χ4n) is 3.42. The molecule has 1 aliphatic rings. The summed E-state index contributed by atoms with van der Waals surface area (Å²) >= 11 is 0. The Balaban J connectivity index is 0.00000145. The van der Waals surface area contributed by atoms with E-state index < -0.39 is 0 Å². The molecule has 3 rings (SSSR count). The maximum Gasteiger partial charge on any atom is 0.0458 e. The van der Waals surface area contributed by atoms with Crippen LogP contribution in [0.5, 0.6) is 0 Å². The second-order valence-electron chi connectivity index (χ2n) is 6.91. The number of hydrogen-bond acceptors (Lipinski definition) is 1. The molecule has 1 heteroatoms. The SMILES string of the molecule is C/C=C(\C=C/CC)N(C1=CC=C(c2ccc(C)cc2)CC1)c1ccccc1.CC. The first kappa shape index (κ1) is 22.5. The maximum absolute atomic E-state index is 2.38. The summed E-state index contributed by atoms with van der Waals surface area (Å²) in [5.41, 5.74) is 7.83. The zero-order chi connectivity index (χ0) is 21.1. The summed E-state index contributed by atoms with van der Waals surface area (Å²) in [5.74, 6) is 0. The molecule has 0 N–H and O–H groups in total. The molecule has 0 unspecified atom stereocenters. The van der Waals surface area contributed by atoms with Crippen LogP contribution in [0.3, 0.4) is 0 Å². The molecule has 0 amide bonds. The summed E-state index contributed by atoms with van der Waals surface area (Å²) in [6.07, 6.45) is 14.4. The molecular formula is C28H35N. The zero-order valence-corrected chi connectivity index (χ0v) is 18.7. The van der Waals surface area contributed by atoms with Crippen LogP contribution in [0, 0.1) is 6.92 Å². The Morgan fingerprint density at radius 1 is 0.931 bits per heavy atom. The molecule has 29 heavy (non-hydrogen) atoms. The molecule has 0 bridgehead atoms. The van der Waals surface area contributed by atoms with Crippen LogP contribution in [-0.4, -0.2) is 0 Å². The van der Waals surface area contributed by atoms with Crippen LogP contribution in [0.4, 0.5) is 5.69 Å². The Kier molecular flexibility index (Phi) is 9.24. The molecule has 0 saturated heterocycles. The van der Waals surface area contributed by atoms with Gasteiger partial charge in [-0.3, -0.25) is 0 Å². The van der Waals surface area contributed by atoms with Gasteiger partial charge in [0.15, 0.2) is 0 Å². The molecule has 2 aromatic rings. The lowest BCUT2D eigenvalue weighted by Gasteiger charge is -2.30.